The molecule has 0 fully saturated rings. The fourth-order valence-electron chi connectivity index (χ4n) is 2.49. The molecule has 0 aliphatic carbocycles. The van der Waals surface area contributed by atoms with E-state index >= 15 is 0 Å². The van der Waals surface area contributed by atoms with Gasteiger partial charge in [0.2, 0.25) is 5.82 Å². The zero-order valence-electron chi connectivity index (χ0n) is 15.0. The number of benzene rings is 2. The number of hydrogen-bond acceptors (Lipinski definition) is 7. The van der Waals surface area contributed by atoms with E-state index in [1.807, 2.05) is 18.2 Å². The molecule has 1 aromatic heterocycles. The fraction of sp³-hybridized carbons (Fsp3) is 0.263. The monoisotopic (exact) mass is 371 g/mol. The van der Waals surface area contributed by atoms with E-state index in [9.17, 15) is 0 Å². The number of aromatic nitrogens is 2. The van der Waals surface area contributed by atoms with Crippen molar-refractivity contribution in [3.63, 3.8) is 0 Å². The molecule has 0 radical (unpaired) electrons. The largest absolute Gasteiger partial charge is 0.493 e. The highest BCUT2D eigenvalue weighted by Gasteiger charge is 2.11. The first-order valence-corrected chi connectivity index (χ1v) is 9.39. The van der Waals surface area contributed by atoms with Crippen LogP contribution >= 0.6 is 11.8 Å². The number of anilines is 1. The molecule has 6 nitrogen and oxygen atoms in total. The maximum atomic E-state index is 5.31. The van der Waals surface area contributed by atoms with Crippen LogP contribution < -0.4 is 14.8 Å². The van der Waals surface area contributed by atoms with Gasteiger partial charge in [-0.25, -0.2) is 0 Å². The molecule has 0 aliphatic rings. The quantitative estimate of drug-likeness (QED) is 0.597. The maximum Gasteiger partial charge on any atom is 0.321 e. The zero-order chi connectivity index (χ0) is 18.4. The molecule has 0 amide bonds. The van der Waals surface area contributed by atoms with Gasteiger partial charge in [-0.15, -0.1) is 11.8 Å². The number of methoxy groups -OCH3 is 2. The normalized spacial score (nSPS) is 10.6. The van der Waals surface area contributed by atoms with Crippen molar-refractivity contribution >= 4 is 17.8 Å². The van der Waals surface area contributed by atoms with Crippen molar-refractivity contribution in [1.29, 1.82) is 0 Å². The van der Waals surface area contributed by atoms with Crippen LogP contribution in [0, 0.1) is 0 Å². The summed E-state index contributed by atoms with van der Waals surface area (Å²) in [5.74, 6) is 1.78. The molecule has 0 aliphatic heterocycles. The Hall–Kier alpha value is -2.67. The minimum absolute atomic E-state index is 0.399. The van der Waals surface area contributed by atoms with E-state index in [-0.39, 0.29) is 0 Å². The smallest absolute Gasteiger partial charge is 0.321 e. The molecular formula is C19H21N3O3S. The predicted octanol–water partition coefficient (Wildman–Crippen LogP) is 4.13. The third kappa shape index (κ3) is 4.29. The van der Waals surface area contributed by atoms with E-state index in [0.29, 0.717) is 29.9 Å². The van der Waals surface area contributed by atoms with Crippen LogP contribution in [0.3, 0.4) is 0 Å². The number of ether oxygens (including phenoxy) is 2. The summed E-state index contributed by atoms with van der Waals surface area (Å²) in [7, 11) is 3.19. The summed E-state index contributed by atoms with van der Waals surface area (Å²) in [6.45, 7) is 0.714. The van der Waals surface area contributed by atoms with Crippen molar-refractivity contribution in [2.24, 2.45) is 0 Å². The summed E-state index contributed by atoms with van der Waals surface area (Å²) >= 11 is 1.74. The Kier molecular flexibility index (Phi) is 6.01. The van der Waals surface area contributed by atoms with E-state index in [1.165, 1.54) is 10.5 Å². The Labute approximate surface area is 156 Å². The van der Waals surface area contributed by atoms with Crippen LogP contribution in [0.25, 0.3) is 11.4 Å². The highest BCUT2D eigenvalue weighted by atomic mass is 32.2. The van der Waals surface area contributed by atoms with Gasteiger partial charge in [0.1, 0.15) is 0 Å². The molecule has 7 heteroatoms. The number of nitrogens with zero attached hydrogens (tertiary/aromatic N) is 2. The standard InChI is InChI=1S/C19H21N3O3S/c1-23-16-9-6-14(12-17(16)24-2)18-21-19(25-22-18)20-11-10-13-4-7-15(26-3)8-5-13/h4-9,12H,10-11H2,1-3H3,(H,20,21,22). The van der Waals surface area contributed by atoms with Crippen LogP contribution in [0.4, 0.5) is 6.01 Å². The summed E-state index contributed by atoms with van der Waals surface area (Å²) in [5, 5.41) is 7.18. The first-order valence-electron chi connectivity index (χ1n) is 8.16. The minimum atomic E-state index is 0.399. The predicted molar refractivity (Wildman–Crippen MR) is 103 cm³/mol. The van der Waals surface area contributed by atoms with Crippen LogP contribution in [-0.4, -0.2) is 37.2 Å². The lowest BCUT2D eigenvalue weighted by Crippen LogP contribution is -2.04. The summed E-state index contributed by atoms with van der Waals surface area (Å²) < 4.78 is 15.8. The van der Waals surface area contributed by atoms with E-state index in [1.54, 1.807) is 26.0 Å². The summed E-state index contributed by atoms with van der Waals surface area (Å²) in [6.07, 6.45) is 2.95. The molecular weight excluding hydrogens is 350 g/mol. The first kappa shape index (κ1) is 18.1. The van der Waals surface area contributed by atoms with E-state index in [0.717, 1.165) is 12.0 Å². The van der Waals surface area contributed by atoms with E-state index in [4.69, 9.17) is 14.0 Å². The summed E-state index contributed by atoms with van der Waals surface area (Å²) in [6, 6.07) is 14.4. The topological polar surface area (TPSA) is 69.4 Å². The van der Waals surface area contributed by atoms with Crippen molar-refractivity contribution in [1.82, 2.24) is 10.1 Å². The van der Waals surface area contributed by atoms with Crippen molar-refractivity contribution in [3.05, 3.63) is 48.0 Å². The van der Waals surface area contributed by atoms with Crippen molar-refractivity contribution in [2.75, 3.05) is 32.3 Å². The van der Waals surface area contributed by atoms with E-state index < -0.39 is 0 Å². The molecule has 1 N–H and O–H groups in total. The summed E-state index contributed by atoms with van der Waals surface area (Å²) in [4.78, 5) is 5.64. The van der Waals surface area contributed by atoms with Crippen molar-refractivity contribution < 1.29 is 14.0 Å². The van der Waals surface area contributed by atoms with Gasteiger partial charge in [0, 0.05) is 17.0 Å². The van der Waals surface area contributed by atoms with Crippen LogP contribution in [0.5, 0.6) is 11.5 Å². The Morgan fingerprint density at radius 3 is 2.50 bits per heavy atom. The third-order valence-corrected chi connectivity index (χ3v) is 4.66. The lowest BCUT2D eigenvalue weighted by Gasteiger charge is -2.07. The van der Waals surface area contributed by atoms with Gasteiger partial charge >= 0.3 is 6.01 Å². The minimum Gasteiger partial charge on any atom is -0.493 e. The lowest BCUT2D eigenvalue weighted by atomic mass is 10.1. The van der Waals surface area contributed by atoms with Gasteiger partial charge in [0.15, 0.2) is 11.5 Å². The van der Waals surface area contributed by atoms with Crippen LogP contribution in [0.15, 0.2) is 51.9 Å². The van der Waals surface area contributed by atoms with Gasteiger partial charge in [0.25, 0.3) is 0 Å². The van der Waals surface area contributed by atoms with Gasteiger partial charge in [-0.05, 0) is 48.6 Å². The molecule has 3 aromatic rings. The van der Waals surface area contributed by atoms with Crippen LogP contribution in [-0.2, 0) is 6.42 Å². The molecule has 0 saturated carbocycles. The zero-order valence-corrected chi connectivity index (χ0v) is 15.8. The Morgan fingerprint density at radius 2 is 1.81 bits per heavy atom. The SMILES string of the molecule is COc1ccc(-c2noc(NCCc3ccc(SC)cc3)n2)cc1OC. The van der Waals surface area contributed by atoms with Gasteiger partial charge in [-0.1, -0.05) is 17.3 Å². The van der Waals surface area contributed by atoms with Crippen LogP contribution in [0.2, 0.25) is 0 Å². The molecule has 0 spiro atoms. The number of thioether (sulfide) groups is 1. The van der Waals surface area contributed by atoms with E-state index in [2.05, 4.69) is 46.0 Å². The molecule has 1 heterocycles. The molecule has 0 saturated heterocycles. The lowest BCUT2D eigenvalue weighted by molar-refractivity contribution is 0.355. The second-order valence-electron chi connectivity index (χ2n) is 5.52. The maximum absolute atomic E-state index is 5.31. The van der Waals surface area contributed by atoms with Gasteiger partial charge in [-0.3, -0.25) is 0 Å². The fourth-order valence-corrected chi connectivity index (χ4v) is 2.90. The molecule has 0 unspecified atom stereocenters. The molecule has 26 heavy (non-hydrogen) atoms. The molecule has 0 atom stereocenters. The molecule has 0 bridgehead atoms. The number of rotatable bonds is 8. The Balaban J connectivity index is 1.60. The van der Waals surface area contributed by atoms with Gasteiger partial charge in [0.05, 0.1) is 14.2 Å². The van der Waals surface area contributed by atoms with Crippen molar-refractivity contribution in [2.45, 2.75) is 11.3 Å². The Bertz CT molecular complexity index is 849. The number of hydrogen-bond donors (Lipinski definition) is 1. The average molecular weight is 371 g/mol. The van der Waals surface area contributed by atoms with Gasteiger partial charge in [-0.2, -0.15) is 4.98 Å². The van der Waals surface area contributed by atoms with Crippen molar-refractivity contribution in [3.8, 4) is 22.9 Å². The number of nitrogens with one attached hydrogen (secondary N) is 1. The second kappa shape index (κ2) is 8.62. The summed E-state index contributed by atoms with van der Waals surface area (Å²) in [5.41, 5.74) is 2.06. The molecule has 3 rings (SSSR count). The Morgan fingerprint density at radius 1 is 1.04 bits per heavy atom. The highest BCUT2D eigenvalue weighted by Crippen LogP contribution is 2.31. The average Bonchev–Trinajstić information content (AvgIpc) is 3.17. The van der Waals surface area contributed by atoms with Gasteiger partial charge < -0.3 is 19.3 Å². The van der Waals surface area contributed by atoms with Crippen LogP contribution in [0.1, 0.15) is 5.56 Å². The molecule has 2 aromatic carbocycles. The second-order valence-corrected chi connectivity index (χ2v) is 6.40. The molecule has 136 valence electrons. The third-order valence-electron chi connectivity index (χ3n) is 3.92. The first-order chi connectivity index (χ1) is 12.7. The highest BCUT2D eigenvalue weighted by molar-refractivity contribution is 7.98.